The first-order valence-corrected chi connectivity index (χ1v) is 8.80. The first kappa shape index (κ1) is 16.8. The van der Waals surface area contributed by atoms with Crippen LogP contribution in [-0.4, -0.2) is 14.2 Å². The highest BCUT2D eigenvalue weighted by atomic mass is 79.9. The van der Waals surface area contributed by atoms with Crippen molar-refractivity contribution in [1.82, 2.24) is 0 Å². The van der Waals surface area contributed by atoms with Gasteiger partial charge in [-0.05, 0) is 35.7 Å². The van der Waals surface area contributed by atoms with Crippen molar-refractivity contribution in [1.29, 1.82) is 0 Å². The zero-order chi connectivity index (χ0) is 15.6. The standard InChI is InChI=1S/C16H15Br3O2/c1-9-5-4-6-10(15(9)18)16(19)11-7-13(20-2)14(21-3)8-12(11)17/h4-8,16H,1-3H3. The number of ether oxygens (including phenoxy) is 2. The quantitative estimate of drug-likeness (QED) is 0.500. The van der Waals surface area contributed by atoms with Crippen molar-refractivity contribution >= 4 is 47.8 Å². The molecule has 2 nitrogen and oxygen atoms in total. The highest BCUT2D eigenvalue weighted by Gasteiger charge is 2.19. The van der Waals surface area contributed by atoms with Gasteiger partial charge >= 0.3 is 0 Å². The topological polar surface area (TPSA) is 18.5 Å². The molecule has 0 aromatic heterocycles. The molecule has 2 aromatic rings. The van der Waals surface area contributed by atoms with Crippen molar-refractivity contribution in [2.45, 2.75) is 11.8 Å². The Labute approximate surface area is 150 Å². The molecule has 0 aliphatic heterocycles. The SMILES string of the molecule is COc1cc(Br)c(C(Br)c2cccc(C)c2Br)cc1OC. The van der Waals surface area contributed by atoms with E-state index >= 15 is 0 Å². The molecule has 0 bridgehead atoms. The van der Waals surface area contributed by atoms with E-state index in [1.807, 2.05) is 12.1 Å². The maximum atomic E-state index is 5.39. The lowest BCUT2D eigenvalue weighted by atomic mass is 10.0. The second kappa shape index (κ2) is 7.16. The van der Waals surface area contributed by atoms with Gasteiger partial charge in [0.05, 0.1) is 19.0 Å². The van der Waals surface area contributed by atoms with Crippen LogP contribution in [0.4, 0.5) is 0 Å². The van der Waals surface area contributed by atoms with Crippen LogP contribution in [-0.2, 0) is 0 Å². The molecule has 0 amide bonds. The molecule has 0 aliphatic rings. The second-order valence-corrected chi connectivity index (χ2v) is 7.13. The molecule has 1 unspecified atom stereocenters. The van der Waals surface area contributed by atoms with E-state index in [-0.39, 0.29) is 4.83 Å². The molecule has 0 saturated carbocycles. The molecule has 0 radical (unpaired) electrons. The molecule has 0 N–H and O–H groups in total. The summed E-state index contributed by atoms with van der Waals surface area (Å²) >= 11 is 11.1. The van der Waals surface area contributed by atoms with Gasteiger partial charge in [-0.25, -0.2) is 0 Å². The summed E-state index contributed by atoms with van der Waals surface area (Å²) in [7, 11) is 3.27. The van der Waals surface area contributed by atoms with Gasteiger partial charge in [-0.2, -0.15) is 0 Å². The van der Waals surface area contributed by atoms with Gasteiger partial charge in [-0.3, -0.25) is 0 Å². The highest BCUT2D eigenvalue weighted by Crippen LogP contribution is 2.43. The van der Waals surface area contributed by atoms with Crippen LogP contribution in [0.25, 0.3) is 0 Å². The fraction of sp³-hybridized carbons (Fsp3) is 0.250. The first-order valence-electron chi connectivity index (χ1n) is 6.30. The van der Waals surface area contributed by atoms with E-state index in [0.717, 1.165) is 14.5 Å². The largest absolute Gasteiger partial charge is 0.493 e. The molecule has 2 rings (SSSR count). The van der Waals surface area contributed by atoms with Crippen LogP contribution in [0.1, 0.15) is 21.5 Å². The second-order valence-electron chi connectivity index (χ2n) is 4.57. The van der Waals surface area contributed by atoms with E-state index < -0.39 is 0 Å². The number of aryl methyl sites for hydroxylation is 1. The molecule has 21 heavy (non-hydrogen) atoms. The number of benzene rings is 2. The van der Waals surface area contributed by atoms with Gasteiger partial charge < -0.3 is 9.47 Å². The Balaban J connectivity index is 2.53. The maximum Gasteiger partial charge on any atom is 0.161 e. The third-order valence-corrected chi connectivity index (χ3v) is 6.03. The third kappa shape index (κ3) is 3.46. The monoisotopic (exact) mass is 476 g/mol. The van der Waals surface area contributed by atoms with Crippen molar-refractivity contribution in [2.24, 2.45) is 0 Å². The summed E-state index contributed by atoms with van der Waals surface area (Å²) in [5, 5.41) is 0. The minimum Gasteiger partial charge on any atom is -0.493 e. The van der Waals surface area contributed by atoms with E-state index in [0.29, 0.717) is 11.5 Å². The Morgan fingerprint density at radius 3 is 2.19 bits per heavy atom. The summed E-state index contributed by atoms with van der Waals surface area (Å²) in [6.07, 6.45) is 0. The Morgan fingerprint density at radius 2 is 1.57 bits per heavy atom. The number of methoxy groups -OCH3 is 2. The van der Waals surface area contributed by atoms with E-state index in [9.17, 15) is 0 Å². The summed E-state index contributed by atoms with van der Waals surface area (Å²) in [5.74, 6) is 1.42. The van der Waals surface area contributed by atoms with Gasteiger partial charge in [0.25, 0.3) is 0 Å². The summed E-state index contributed by atoms with van der Waals surface area (Å²) in [4.78, 5) is 0.0426. The van der Waals surface area contributed by atoms with Crippen LogP contribution in [0.5, 0.6) is 11.5 Å². The summed E-state index contributed by atoms with van der Waals surface area (Å²) in [5.41, 5.74) is 3.45. The van der Waals surface area contributed by atoms with Gasteiger partial charge in [-0.1, -0.05) is 66.0 Å². The smallest absolute Gasteiger partial charge is 0.161 e. The maximum absolute atomic E-state index is 5.39. The minimum atomic E-state index is 0.0426. The Morgan fingerprint density at radius 1 is 0.952 bits per heavy atom. The van der Waals surface area contributed by atoms with Gasteiger partial charge in [-0.15, -0.1) is 0 Å². The predicted octanol–water partition coefficient (Wildman–Crippen LogP) is 6.02. The zero-order valence-electron chi connectivity index (χ0n) is 11.9. The number of hydrogen-bond acceptors (Lipinski definition) is 2. The average Bonchev–Trinajstić information content (AvgIpc) is 2.49. The lowest BCUT2D eigenvalue weighted by molar-refractivity contribution is 0.354. The first-order chi connectivity index (χ1) is 9.99. The zero-order valence-corrected chi connectivity index (χ0v) is 16.7. The fourth-order valence-electron chi connectivity index (χ4n) is 2.10. The summed E-state index contributed by atoms with van der Waals surface area (Å²) < 4.78 is 12.8. The van der Waals surface area contributed by atoms with Gasteiger partial charge in [0.1, 0.15) is 0 Å². The number of hydrogen-bond donors (Lipinski definition) is 0. The van der Waals surface area contributed by atoms with Crippen LogP contribution in [0.3, 0.4) is 0 Å². The normalized spacial score (nSPS) is 12.1. The Bertz CT molecular complexity index is 656. The summed E-state index contributed by atoms with van der Waals surface area (Å²) in [6.45, 7) is 2.08. The van der Waals surface area contributed by atoms with Crippen LogP contribution in [0.15, 0.2) is 39.3 Å². The molecule has 0 spiro atoms. The Hall–Kier alpha value is -0.520. The highest BCUT2D eigenvalue weighted by molar-refractivity contribution is 9.11. The molecule has 112 valence electrons. The predicted molar refractivity (Wildman–Crippen MR) is 96.9 cm³/mol. The van der Waals surface area contributed by atoms with Crippen LogP contribution < -0.4 is 9.47 Å². The van der Waals surface area contributed by atoms with Crippen molar-refractivity contribution in [3.05, 3.63) is 56.0 Å². The van der Waals surface area contributed by atoms with E-state index in [1.54, 1.807) is 14.2 Å². The number of halogens is 3. The van der Waals surface area contributed by atoms with Gasteiger partial charge in [0, 0.05) is 8.95 Å². The van der Waals surface area contributed by atoms with Gasteiger partial charge in [0.2, 0.25) is 0 Å². The van der Waals surface area contributed by atoms with Crippen molar-refractivity contribution in [2.75, 3.05) is 14.2 Å². The molecule has 5 heteroatoms. The fourth-order valence-corrected chi connectivity index (χ4v) is 4.52. The summed E-state index contributed by atoms with van der Waals surface area (Å²) in [6, 6.07) is 10.1. The van der Waals surface area contributed by atoms with Crippen molar-refractivity contribution in [3.63, 3.8) is 0 Å². The lowest BCUT2D eigenvalue weighted by Gasteiger charge is -2.18. The van der Waals surface area contributed by atoms with E-state index in [1.165, 1.54) is 11.1 Å². The number of alkyl halides is 1. The molecule has 1 atom stereocenters. The van der Waals surface area contributed by atoms with Crippen molar-refractivity contribution in [3.8, 4) is 11.5 Å². The van der Waals surface area contributed by atoms with Gasteiger partial charge in [0.15, 0.2) is 11.5 Å². The molecule has 0 heterocycles. The minimum absolute atomic E-state index is 0.0426. The lowest BCUT2D eigenvalue weighted by Crippen LogP contribution is -1.99. The molecular weight excluding hydrogens is 464 g/mol. The third-order valence-electron chi connectivity index (χ3n) is 3.27. The molecule has 0 fully saturated rings. The Kier molecular flexibility index (Phi) is 5.74. The molecule has 2 aromatic carbocycles. The molecule has 0 saturated heterocycles. The van der Waals surface area contributed by atoms with Crippen LogP contribution in [0, 0.1) is 6.92 Å². The number of rotatable bonds is 4. The van der Waals surface area contributed by atoms with Crippen LogP contribution >= 0.6 is 47.8 Å². The van der Waals surface area contributed by atoms with Crippen LogP contribution in [0.2, 0.25) is 0 Å². The van der Waals surface area contributed by atoms with E-state index in [2.05, 4.69) is 72.9 Å². The van der Waals surface area contributed by atoms with E-state index in [4.69, 9.17) is 9.47 Å². The molecular formula is C16H15Br3O2. The average molecular weight is 479 g/mol. The molecule has 0 aliphatic carbocycles. The van der Waals surface area contributed by atoms with Crippen molar-refractivity contribution < 1.29 is 9.47 Å².